The third-order valence-corrected chi connectivity index (χ3v) is 4.34. The van der Waals surface area contributed by atoms with Crippen molar-refractivity contribution in [2.75, 3.05) is 25.2 Å². The molecule has 0 N–H and O–H groups in total. The molecule has 5 nitrogen and oxygen atoms in total. The zero-order chi connectivity index (χ0) is 17.6. The molecule has 2 aliphatic heterocycles. The van der Waals surface area contributed by atoms with Crippen LogP contribution in [0.5, 0.6) is 17.2 Å². The van der Waals surface area contributed by atoms with Crippen molar-refractivity contribution in [1.82, 2.24) is 0 Å². The van der Waals surface area contributed by atoms with Gasteiger partial charge in [-0.1, -0.05) is 12.1 Å². The van der Waals surface area contributed by atoms with Crippen LogP contribution in [0.25, 0.3) is 0 Å². The molecule has 1 saturated heterocycles. The standard InChI is InChI=1S/C18H15F2NO4/c1-23-13-5-2-11(3-6-13)16-18(19,20)17(22)21(16)12-4-7-14-15(10-12)25-9-8-24-14/h2-7,10,16H,8-9H2,1H3/t16-/m1/s1. The van der Waals surface area contributed by atoms with Gasteiger partial charge in [0.1, 0.15) is 25.0 Å². The number of rotatable bonds is 3. The summed E-state index contributed by atoms with van der Waals surface area (Å²) in [5.41, 5.74) is 0.682. The van der Waals surface area contributed by atoms with Crippen molar-refractivity contribution in [3.8, 4) is 17.2 Å². The smallest absolute Gasteiger partial charge is 0.349 e. The van der Waals surface area contributed by atoms with E-state index in [4.69, 9.17) is 14.2 Å². The summed E-state index contributed by atoms with van der Waals surface area (Å²) in [6, 6.07) is 9.65. The summed E-state index contributed by atoms with van der Waals surface area (Å²) < 4.78 is 44.5. The Morgan fingerprint density at radius 1 is 1.08 bits per heavy atom. The number of amides is 1. The fraction of sp³-hybridized carbons (Fsp3) is 0.278. The Morgan fingerprint density at radius 3 is 2.44 bits per heavy atom. The number of halogens is 2. The van der Waals surface area contributed by atoms with Crippen LogP contribution in [0.3, 0.4) is 0 Å². The molecule has 0 unspecified atom stereocenters. The van der Waals surface area contributed by atoms with E-state index in [9.17, 15) is 13.6 Å². The topological polar surface area (TPSA) is 48.0 Å². The summed E-state index contributed by atoms with van der Waals surface area (Å²) >= 11 is 0. The molecule has 2 aromatic rings. The highest BCUT2D eigenvalue weighted by atomic mass is 19.3. The molecule has 1 atom stereocenters. The molecule has 0 aromatic heterocycles. The molecule has 2 aliphatic rings. The van der Waals surface area contributed by atoms with Crippen LogP contribution in [0.4, 0.5) is 14.5 Å². The lowest BCUT2D eigenvalue weighted by atomic mass is 9.89. The van der Waals surface area contributed by atoms with Gasteiger partial charge >= 0.3 is 11.8 Å². The number of ether oxygens (including phenoxy) is 3. The molecule has 0 radical (unpaired) electrons. The highest BCUT2D eigenvalue weighted by Crippen LogP contribution is 2.51. The highest BCUT2D eigenvalue weighted by Gasteiger charge is 2.64. The molecular weight excluding hydrogens is 332 g/mol. The number of hydrogen-bond donors (Lipinski definition) is 0. The number of carbonyl (C=O) groups excluding carboxylic acids is 1. The molecule has 1 amide bonds. The first-order valence-electron chi connectivity index (χ1n) is 7.77. The molecule has 4 rings (SSSR count). The van der Waals surface area contributed by atoms with Gasteiger partial charge in [0, 0.05) is 11.8 Å². The van der Waals surface area contributed by atoms with E-state index in [1.54, 1.807) is 30.3 Å². The number of fused-ring (bicyclic) bond motifs is 1. The van der Waals surface area contributed by atoms with Crippen LogP contribution in [-0.2, 0) is 4.79 Å². The Morgan fingerprint density at radius 2 is 1.76 bits per heavy atom. The van der Waals surface area contributed by atoms with Crippen molar-refractivity contribution in [2.24, 2.45) is 0 Å². The second kappa shape index (κ2) is 5.61. The van der Waals surface area contributed by atoms with E-state index in [1.165, 1.54) is 19.2 Å². The lowest BCUT2D eigenvalue weighted by molar-refractivity contribution is -0.162. The maximum atomic E-state index is 14.3. The Labute approximate surface area is 142 Å². The second-order valence-electron chi connectivity index (χ2n) is 5.80. The minimum Gasteiger partial charge on any atom is -0.497 e. The van der Waals surface area contributed by atoms with Crippen LogP contribution in [-0.4, -0.2) is 32.2 Å². The maximum Gasteiger partial charge on any atom is 0.349 e. The largest absolute Gasteiger partial charge is 0.497 e. The van der Waals surface area contributed by atoms with E-state index in [-0.39, 0.29) is 0 Å². The van der Waals surface area contributed by atoms with Gasteiger partial charge < -0.3 is 14.2 Å². The van der Waals surface area contributed by atoms with Gasteiger partial charge in [-0.25, -0.2) is 0 Å². The first-order valence-corrected chi connectivity index (χ1v) is 7.77. The minimum absolute atomic E-state index is 0.334. The molecule has 130 valence electrons. The SMILES string of the molecule is COc1ccc([C@H]2N(c3ccc4c(c3)OCCO4)C(=O)C2(F)F)cc1. The van der Waals surface area contributed by atoms with Crippen LogP contribution < -0.4 is 19.1 Å². The average molecular weight is 347 g/mol. The van der Waals surface area contributed by atoms with Gasteiger partial charge in [0.25, 0.3) is 0 Å². The van der Waals surface area contributed by atoms with Gasteiger partial charge in [0.15, 0.2) is 11.5 Å². The van der Waals surface area contributed by atoms with Gasteiger partial charge in [-0.2, -0.15) is 8.78 Å². The van der Waals surface area contributed by atoms with E-state index >= 15 is 0 Å². The van der Waals surface area contributed by atoms with Crippen molar-refractivity contribution in [2.45, 2.75) is 12.0 Å². The normalized spacial score (nSPS) is 20.8. The van der Waals surface area contributed by atoms with Crippen molar-refractivity contribution < 1.29 is 27.8 Å². The molecule has 1 fully saturated rings. The van der Waals surface area contributed by atoms with Crippen molar-refractivity contribution in [3.05, 3.63) is 48.0 Å². The number of methoxy groups -OCH3 is 1. The molecule has 0 bridgehead atoms. The number of hydrogen-bond acceptors (Lipinski definition) is 4. The third-order valence-electron chi connectivity index (χ3n) is 4.34. The summed E-state index contributed by atoms with van der Waals surface area (Å²) in [5.74, 6) is -3.15. The number of nitrogens with zero attached hydrogens (tertiary/aromatic N) is 1. The highest BCUT2D eigenvalue weighted by molar-refractivity contribution is 6.07. The minimum atomic E-state index is -3.46. The quantitative estimate of drug-likeness (QED) is 0.800. The lowest BCUT2D eigenvalue weighted by Gasteiger charge is -2.46. The van der Waals surface area contributed by atoms with Gasteiger partial charge in [0.2, 0.25) is 0 Å². The van der Waals surface area contributed by atoms with E-state index < -0.39 is 17.9 Å². The molecule has 0 aliphatic carbocycles. The third kappa shape index (κ3) is 2.38. The predicted molar refractivity (Wildman–Crippen MR) is 85.6 cm³/mol. The van der Waals surface area contributed by atoms with E-state index in [2.05, 4.69) is 0 Å². The summed E-state index contributed by atoms with van der Waals surface area (Å²) in [6.07, 6.45) is 0. The zero-order valence-electron chi connectivity index (χ0n) is 13.4. The van der Waals surface area contributed by atoms with Crippen LogP contribution in [0.2, 0.25) is 0 Å². The van der Waals surface area contributed by atoms with Crippen molar-refractivity contribution in [3.63, 3.8) is 0 Å². The Kier molecular flexibility index (Phi) is 3.52. The van der Waals surface area contributed by atoms with Crippen LogP contribution in [0.15, 0.2) is 42.5 Å². The van der Waals surface area contributed by atoms with Crippen LogP contribution >= 0.6 is 0 Å². The van der Waals surface area contributed by atoms with Crippen molar-refractivity contribution in [1.29, 1.82) is 0 Å². The number of carbonyl (C=O) groups is 1. The molecule has 2 aromatic carbocycles. The maximum absolute atomic E-state index is 14.3. The molecule has 25 heavy (non-hydrogen) atoms. The fourth-order valence-corrected chi connectivity index (χ4v) is 3.08. The zero-order valence-corrected chi connectivity index (χ0v) is 13.4. The Hall–Kier alpha value is -2.83. The first kappa shape index (κ1) is 15.7. The van der Waals surface area contributed by atoms with E-state index in [0.29, 0.717) is 41.7 Å². The van der Waals surface area contributed by atoms with E-state index in [1.807, 2.05) is 0 Å². The second-order valence-corrected chi connectivity index (χ2v) is 5.80. The summed E-state index contributed by atoms with van der Waals surface area (Å²) in [7, 11) is 1.50. The number of alkyl halides is 2. The van der Waals surface area contributed by atoms with Gasteiger partial charge in [-0.3, -0.25) is 9.69 Å². The molecular formula is C18H15F2NO4. The summed E-state index contributed by atoms with van der Waals surface area (Å²) in [4.78, 5) is 13.1. The monoisotopic (exact) mass is 347 g/mol. The van der Waals surface area contributed by atoms with Crippen LogP contribution in [0.1, 0.15) is 11.6 Å². The molecule has 0 saturated carbocycles. The number of benzene rings is 2. The Bertz CT molecular complexity index is 822. The fourth-order valence-electron chi connectivity index (χ4n) is 3.08. The summed E-state index contributed by atoms with van der Waals surface area (Å²) in [6.45, 7) is 0.810. The Balaban J connectivity index is 1.71. The van der Waals surface area contributed by atoms with Gasteiger partial charge in [-0.15, -0.1) is 0 Å². The molecule has 2 heterocycles. The summed E-state index contributed by atoms with van der Waals surface area (Å²) in [5, 5.41) is 0. The van der Waals surface area contributed by atoms with Crippen LogP contribution in [0, 0.1) is 0 Å². The van der Waals surface area contributed by atoms with E-state index in [0.717, 1.165) is 4.90 Å². The number of β-lactam (4-membered cyclic amide) rings is 1. The van der Waals surface area contributed by atoms with Crippen molar-refractivity contribution >= 4 is 11.6 Å². The first-order chi connectivity index (χ1) is 12.0. The predicted octanol–water partition coefficient (Wildman–Crippen LogP) is 3.19. The average Bonchev–Trinajstić information content (AvgIpc) is 2.65. The lowest BCUT2D eigenvalue weighted by Crippen LogP contribution is -2.64. The molecule has 0 spiro atoms. The van der Waals surface area contributed by atoms with Gasteiger partial charge in [0.05, 0.1) is 7.11 Å². The molecule has 7 heteroatoms. The number of anilines is 1. The van der Waals surface area contributed by atoms with Gasteiger partial charge in [-0.05, 0) is 29.8 Å².